The van der Waals surface area contributed by atoms with Gasteiger partial charge in [-0.3, -0.25) is 14.3 Å². The highest BCUT2D eigenvalue weighted by Gasteiger charge is 2.41. The molecule has 1 atom stereocenters. The van der Waals surface area contributed by atoms with Gasteiger partial charge in [-0.05, 0) is 62.3 Å². The van der Waals surface area contributed by atoms with Crippen molar-refractivity contribution in [2.45, 2.75) is 51.4 Å². The van der Waals surface area contributed by atoms with Crippen LogP contribution in [0.4, 0.5) is 0 Å². The lowest BCUT2D eigenvalue weighted by atomic mass is 9.77. The van der Waals surface area contributed by atoms with Crippen LogP contribution in [0.2, 0.25) is 5.02 Å². The molecular formula is C26H35ClN4O3. The van der Waals surface area contributed by atoms with Crippen molar-refractivity contribution < 1.29 is 14.3 Å². The first-order chi connectivity index (χ1) is 16.4. The lowest BCUT2D eigenvalue weighted by molar-refractivity contribution is -0.142. The van der Waals surface area contributed by atoms with E-state index in [0.29, 0.717) is 43.2 Å². The second-order valence-corrected chi connectivity index (χ2v) is 10.2. The number of ether oxygens (including phenoxy) is 1. The summed E-state index contributed by atoms with van der Waals surface area (Å²) in [5, 5.41) is 4.81. The molecule has 0 saturated carbocycles. The molecule has 0 spiro atoms. The van der Waals surface area contributed by atoms with Crippen molar-refractivity contribution in [2.24, 2.45) is 12.5 Å². The molecule has 0 aliphatic carbocycles. The zero-order chi connectivity index (χ0) is 24.0. The van der Waals surface area contributed by atoms with Gasteiger partial charge in [0.05, 0.1) is 12.8 Å². The van der Waals surface area contributed by atoms with Crippen LogP contribution in [-0.4, -0.2) is 64.2 Å². The molecule has 0 N–H and O–H groups in total. The molecule has 3 heterocycles. The molecule has 2 fully saturated rings. The standard InChI is InChI=1S/C26H35ClN4O3/c1-29-18-21(17-28-29)9-10-24(32)31-14-6-11-26(19-31,16-25(33)30-12-3-2-4-13-30)20-34-23-8-5-7-22(27)15-23/h5,7-8,15,17-18H,2-4,6,9-14,16,19-20H2,1H3/t26-/m0/s1. The first kappa shape index (κ1) is 24.6. The zero-order valence-electron chi connectivity index (χ0n) is 20.0. The van der Waals surface area contributed by atoms with E-state index in [-0.39, 0.29) is 11.8 Å². The van der Waals surface area contributed by atoms with E-state index in [9.17, 15) is 9.59 Å². The first-order valence-electron chi connectivity index (χ1n) is 12.3. The molecule has 2 aliphatic rings. The third-order valence-corrected chi connectivity index (χ3v) is 7.21. The summed E-state index contributed by atoms with van der Waals surface area (Å²) in [5.41, 5.74) is 0.655. The number of carbonyl (C=O) groups excluding carboxylic acids is 2. The van der Waals surface area contributed by atoms with Gasteiger partial charge < -0.3 is 14.5 Å². The van der Waals surface area contributed by atoms with Gasteiger partial charge in [-0.15, -0.1) is 0 Å². The van der Waals surface area contributed by atoms with E-state index < -0.39 is 5.41 Å². The van der Waals surface area contributed by atoms with Gasteiger partial charge in [0.25, 0.3) is 0 Å². The van der Waals surface area contributed by atoms with Crippen molar-refractivity contribution in [3.63, 3.8) is 0 Å². The Labute approximate surface area is 207 Å². The fourth-order valence-corrected chi connectivity index (χ4v) is 5.29. The number of benzene rings is 1. The first-order valence-corrected chi connectivity index (χ1v) is 12.7. The van der Waals surface area contributed by atoms with E-state index in [2.05, 4.69) is 5.10 Å². The number of piperidine rings is 2. The van der Waals surface area contributed by atoms with E-state index in [1.165, 1.54) is 6.42 Å². The van der Waals surface area contributed by atoms with E-state index in [1.807, 2.05) is 47.4 Å². The molecule has 0 unspecified atom stereocenters. The number of amides is 2. The number of halogens is 1. The largest absolute Gasteiger partial charge is 0.493 e. The average molecular weight is 487 g/mol. The molecule has 34 heavy (non-hydrogen) atoms. The number of likely N-dealkylation sites (tertiary alicyclic amines) is 2. The van der Waals surface area contributed by atoms with Gasteiger partial charge >= 0.3 is 0 Å². The Kier molecular flexibility index (Phi) is 8.14. The van der Waals surface area contributed by atoms with Crippen molar-refractivity contribution in [3.05, 3.63) is 47.2 Å². The molecule has 1 aromatic heterocycles. The molecule has 2 aromatic rings. The second-order valence-electron chi connectivity index (χ2n) is 9.81. The molecule has 184 valence electrons. The van der Waals surface area contributed by atoms with Crippen molar-refractivity contribution in [2.75, 3.05) is 32.8 Å². The van der Waals surface area contributed by atoms with Gasteiger partial charge in [-0.1, -0.05) is 17.7 Å². The molecule has 7 nitrogen and oxygen atoms in total. The minimum atomic E-state index is -0.404. The summed E-state index contributed by atoms with van der Waals surface area (Å²) in [6, 6.07) is 7.35. The Bertz CT molecular complexity index is 988. The molecule has 4 rings (SSSR count). The quantitative estimate of drug-likeness (QED) is 0.563. The summed E-state index contributed by atoms with van der Waals surface area (Å²) in [4.78, 5) is 30.3. The minimum Gasteiger partial charge on any atom is -0.493 e. The van der Waals surface area contributed by atoms with E-state index in [0.717, 1.165) is 50.9 Å². The van der Waals surface area contributed by atoms with Crippen molar-refractivity contribution in [1.29, 1.82) is 0 Å². The molecule has 0 radical (unpaired) electrons. The monoisotopic (exact) mass is 486 g/mol. The fourth-order valence-electron chi connectivity index (χ4n) is 5.11. The van der Waals surface area contributed by atoms with Crippen LogP contribution in [0.15, 0.2) is 36.7 Å². The van der Waals surface area contributed by atoms with Crippen molar-refractivity contribution >= 4 is 23.4 Å². The van der Waals surface area contributed by atoms with Gasteiger partial charge in [0, 0.05) is 62.7 Å². The second kappa shape index (κ2) is 11.3. The number of carbonyl (C=O) groups is 2. The van der Waals surface area contributed by atoms with Gasteiger partial charge in [0.1, 0.15) is 5.75 Å². The molecule has 8 heteroatoms. The van der Waals surface area contributed by atoms with E-state index in [1.54, 1.807) is 10.7 Å². The summed E-state index contributed by atoms with van der Waals surface area (Å²) < 4.78 is 7.93. The molecule has 2 aliphatic heterocycles. The highest BCUT2D eigenvalue weighted by Crippen LogP contribution is 2.36. The van der Waals surface area contributed by atoms with Crippen LogP contribution in [0.1, 0.15) is 50.5 Å². The topological polar surface area (TPSA) is 67.7 Å². The highest BCUT2D eigenvalue weighted by atomic mass is 35.5. The van der Waals surface area contributed by atoms with Crippen LogP contribution in [0.5, 0.6) is 5.75 Å². The van der Waals surface area contributed by atoms with Crippen LogP contribution in [0.25, 0.3) is 0 Å². The predicted octanol–water partition coefficient (Wildman–Crippen LogP) is 4.10. The molecule has 0 bridgehead atoms. The number of hydrogen-bond donors (Lipinski definition) is 0. The lowest BCUT2D eigenvalue weighted by Crippen LogP contribution is -2.51. The summed E-state index contributed by atoms with van der Waals surface area (Å²) in [6.45, 7) is 3.32. The highest BCUT2D eigenvalue weighted by molar-refractivity contribution is 6.30. The summed E-state index contributed by atoms with van der Waals surface area (Å²) in [6.07, 6.45) is 10.3. The number of nitrogens with zero attached hydrogens (tertiary/aromatic N) is 4. The molecule has 2 amide bonds. The SMILES string of the molecule is Cn1cc(CCC(=O)N2CCC[C@](COc3cccc(Cl)c3)(CC(=O)N3CCCCC3)C2)cn1. The summed E-state index contributed by atoms with van der Waals surface area (Å²) in [7, 11) is 1.88. The van der Waals surface area contributed by atoms with Crippen molar-refractivity contribution in [3.8, 4) is 5.75 Å². The fraction of sp³-hybridized carbons (Fsp3) is 0.577. The lowest BCUT2D eigenvalue weighted by Gasteiger charge is -2.43. The van der Waals surface area contributed by atoms with Crippen molar-refractivity contribution in [1.82, 2.24) is 19.6 Å². The zero-order valence-corrected chi connectivity index (χ0v) is 20.8. The normalized spacial score (nSPS) is 20.9. The van der Waals surface area contributed by atoms with Gasteiger partial charge in [0.15, 0.2) is 0 Å². The predicted molar refractivity (Wildman–Crippen MR) is 132 cm³/mol. The Morgan fingerprint density at radius 1 is 1.09 bits per heavy atom. The maximum atomic E-state index is 13.3. The Hall–Kier alpha value is -2.54. The molecule has 2 saturated heterocycles. The maximum absolute atomic E-state index is 13.3. The van der Waals surface area contributed by atoms with Gasteiger partial charge in [-0.25, -0.2) is 0 Å². The van der Waals surface area contributed by atoms with Gasteiger partial charge in [-0.2, -0.15) is 5.10 Å². The van der Waals surface area contributed by atoms with Crippen LogP contribution in [0, 0.1) is 5.41 Å². The maximum Gasteiger partial charge on any atom is 0.223 e. The Morgan fingerprint density at radius 3 is 2.62 bits per heavy atom. The number of rotatable bonds is 8. The third-order valence-electron chi connectivity index (χ3n) is 6.98. The molecule has 1 aromatic carbocycles. The Balaban J connectivity index is 1.44. The minimum absolute atomic E-state index is 0.126. The third kappa shape index (κ3) is 6.53. The van der Waals surface area contributed by atoms with E-state index in [4.69, 9.17) is 16.3 Å². The summed E-state index contributed by atoms with van der Waals surface area (Å²) in [5.74, 6) is 0.998. The van der Waals surface area contributed by atoms with Crippen LogP contribution in [0.3, 0.4) is 0 Å². The van der Waals surface area contributed by atoms with Gasteiger partial charge in [0.2, 0.25) is 11.8 Å². The van der Waals surface area contributed by atoms with Crippen LogP contribution < -0.4 is 4.74 Å². The average Bonchev–Trinajstić information content (AvgIpc) is 3.27. The number of aromatic nitrogens is 2. The molecular weight excluding hydrogens is 452 g/mol. The van der Waals surface area contributed by atoms with Crippen LogP contribution in [-0.2, 0) is 23.1 Å². The van der Waals surface area contributed by atoms with Crippen LogP contribution >= 0.6 is 11.6 Å². The Morgan fingerprint density at radius 2 is 1.88 bits per heavy atom. The van der Waals surface area contributed by atoms with E-state index >= 15 is 0 Å². The number of aryl methyl sites for hydroxylation is 2. The smallest absolute Gasteiger partial charge is 0.223 e. The number of hydrogen-bond acceptors (Lipinski definition) is 4. The summed E-state index contributed by atoms with van der Waals surface area (Å²) >= 11 is 6.14.